The highest BCUT2D eigenvalue weighted by Gasteiger charge is 2.08. The van der Waals surface area contributed by atoms with Crippen LogP contribution in [0.2, 0.25) is 0 Å². The summed E-state index contributed by atoms with van der Waals surface area (Å²) < 4.78 is 5.43. The molecule has 23 heavy (non-hydrogen) atoms. The van der Waals surface area contributed by atoms with Gasteiger partial charge in [0.25, 0.3) is 0 Å². The number of anilines is 1. The Morgan fingerprint density at radius 3 is 2.65 bits per heavy atom. The molecule has 8 heteroatoms. The van der Waals surface area contributed by atoms with Gasteiger partial charge < -0.3 is 15.4 Å². The third-order valence-corrected chi connectivity index (χ3v) is 4.26. The Bertz CT molecular complexity index is 581. The molecular formula is C15H19BrN2O4S. The minimum Gasteiger partial charge on any atom is -0.468 e. The molecule has 0 fully saturated rings. The van der Waals surface area contributed by atoms with Crippen molar-refractivity contribution in [2.75, 3.05) is 30.5 Å². The Morgan fingerprint density at radius 1 is 1.26 bits per heavy atom. The average molecular weight is 403 g/mol. The van der Waals surface area contributed by atoms with E-state index in [9.17, 15) is 14.4 Å². The summed E-state index contributed by atoms with van der Waals surface area (Å²) in [6.45, 7) is 1.80. The summed E-state index contributed by atoms with van der Waals surface area (Å²) in [5.41, 5.74) is 1.64. The number of thioether (sulfide) groups is 1. The van der Waals surface area contributed by atoms with E-state index in [0.29, 0.717) is 11.4 Å². The van der Waals surface area contributed by atoms with Crippen molar-refractivity contribution in [3.05, 3.63) is 28.2 Å². The summed E-state index contributed by atoms with van der Waals surface area (Å²) in [5.74, 6) is -0.128. The zero-order valence-corrected chi connectivity index (χ0v) is 15.4. The number of benzene rings is 1. The highest BCUT2D eigenvalue weighted by atomic mass is 79.9. The number of methoxy groups -OCH3 is 1. The van der Waals surface area contributed by atoms with Gasteiger partial charge in [-0.2, -0.15) is 0 Å². The van der Waals surface area contributed by atoms with Gasteiger partial charge in [-0.25, -0.2) is 0 Å². The van der Waals surface area contributed by atoms with E-state index in [0.717, 1.165) is 10.0 Å². The standard InChI is InChI=1S/C15H19BrN2O4S/c1-10-7-11(16)3-4-12(10)18-14(20)8-17-13(19)5-6-23-9-15(21)22-2/h3-4,7H,5-6,8-9H2,1-2H3,(H,17,19)(H,18,20). The van der Waals surface area contributed by atoms with Crippen molar-refractivity contribution >= 4 is 51.2 Å². The van der Waals surface area contributed by atoms with Crippen LogP contribution in [0.15, 0.2) is 22.7 Å². The van der Waals surface area contributed by atoms with Crippen LogP contribution in [0.3, 0.4) is 0 Å². The number of aryl methyl sites for hydroxylation is 1. The van der Waals surface area contributed by atoms with E-state index < -0.39 is 0 Å². The molecule has 0 radical (unpaired) electrons. The summed E-state index contributed by atoms with van der Waals surface area (Å²) in [6, 6.07) is 5.52. The maximum absolute atomic E-state index is 11.8. The molecule has 6 nitrogen and oxygen atoms in total. The van der Waals surface area contributed by atoms with Crippen molar-refractivity contribution in [2.45, 2.75) is 13.3 Å². The van der Waals surface area contributed by atoms with Crippen molar-refractivity contribution in [2.24, 2.45) is 0 Å². The number of hydrogen-bond acceptors (Lipinski definition) is 5. The molecule has 0 atom stereocenters. The first-order valence-electron chi connectivity index (χ1n) is 6.89. The fourth-order valence-corrected chi connectivity index (χ4v) is 2.84. The summed E-state index contributed by atoms with van der Waals surface area (Å²) in [4.78, 5) is 34.3. The predicted octanol–water partition coefficient (Wildman–Crippen LogP) is 2.11. The van der Waals surface area contributed by atoms with Crippen molar-refractivity contribution in [3.63, 3.8) is 0 Å². The minimum absolute atomic E-state index is 0.0873. The molecule has 0 aliphatic carbocycles. The van der Waals surface area contributed by atoms with Crippen LogP contribution in [0.4, 0.5) is 5.69 Å². The van der Waals surface area contributed by atoms with Gasteiger partial charge in [0.15, 0.2) is 0 Å². The molecular weight excluding hydrogens is 384 g/mol. The molecule has 126 valence electrons. The van der Waals surface area contributed by atoms with E-state index in [2.05, 4.69) is 31.3 Å². The Hall–Kier alpha value is -1.54. The lowest BCUT2D eigenvalue weighted by Gasteiger charge is -2.09. The lowest BCUT2D eigenvalue weighted by atomic mass is 10.2. The van der Waals surface area contributed by atoms with Crippen LogP contribution >= 0.6 is 27.7 Å². The van der Waals surface area contributed by atoms with Gasteiger partial charge in [0.05, 0.1) is 19.4 Å². The van der Waals surface area contributed by atoms with E-state index in [1.54, 1.807) is 6.07 Å². The van der Waals surface area contributed by atoms with E-state index in [1.807, 2.05) is 19.1 Å². The van der Waals surface area contributed by atoms with Gasteiger partial charge in [0.2, 0.25) is 11.8 Å². The second-order valence-electron chi connectivity index (χ2n) is 4.66. The number of hydrogen-bond donors (Lipinski definition) is 2. The van der Waals surface area contributed by atoms with Crippen LogP contribution in [0.1, 0.15) is 12.0 Å². The molecule has 0 spiro atoms. The monoisotopic (exact) mass is 402 g/mol. The van der Waals surface area contributed by atoms with E-state index in [4.69, 9.17) is 0 Å². The summed E-state index contributed by atoms with van der Waals surface area (Å²) in [6.07, 6.45) is 0.242. The zero-order valence-electron chi connectivity index (χ0n) is 13.0. The quantitative estimate of drug-likeness (QED) is 0.513. The summed E-state index contributed by atoms with van der Waals surface area (Å²) in [7, 11) is 1.32. The number of amides is 2. The topological polar surface area (TPSA) is 84.5 Å². The van der Waals surface area contributed by atoms with Crippen LogP contribution in [-0.4, -0.2) is 42.9 Å². The molecule has 0 aliphatic heterocycles. The van der Waals surface area contributed by atoms with Gasteiger partial charge in [-0.1, -0.05) is 15.9 Å². The SMILES string of the molecule is COC(=O)CSCCC(=O)NCC(=O)Nc1ccc(Br)cc1C. The normalized spacial score (nSPS) is 10.0. The summed E-state index contributed by atoms with van der Waals surface area (Å²) in [5, 5.41) is 5.29. The molecule has 2 amide bonds. The summed E-state index contributed by atoms with van der Waals surface area (Å²) >= 11 is 4.67. The molecule has 0 saturated carbocycles. The lowest BCUT2D eigenvalue weighted by Crippen LogP contribution is -2.33. The molecule has 0 aromatic heterocycles. The molecule has 1 aromatic rings. The molecule has 0 heterocycles. The van der Waals surface area contributed by atoms with Gasteiger partial charge >= 0.3 is 5.97 Å². The number of esters is 1. The van der Waals surface area contributed by atoms with Gasteiger partial charge in [-0.15, -0.1) is 11.8 Å². The third-order valence-electron chi connectivity index (χ3n) is 2.83. The number of rotatable bonds is 8. The van der Waals surface area contributed by atoms with E-state index >= 15 is 0 Å². The van der Waals surface area contributed by atoms with Gasteiger partial charge in [0.1, 0.15) is 0 Å². The van der Waals surface area contributed by atoms with Crippen molar-refractivity contribution in [1.29, 1.82) is 0 Å². The van der Waals surface area contributed by atoms with Crippen LogP contribution < -0.4 is 10.6 Å². The van der Waals surface area contributed by atoms with E-state index in [-0.39, 0.29) is 36.5 Å². The van der Waals surface area contributed by atoms with Crippen LogP contribution in [-0.2, 0) is 19.1 Å². The second kappa shape index (κ2) is 10.3. The molecule has 2 N–H and O–H groups in total. The molecule has 0 unspecified atom stereocenters. The van der Waals surface area contributed by atoms with Gasteiger partial charge in [-0.3, -0.25) is 14.4 Å². The Labute approximate surface area is 147 Å². The number of carbonyl (C=O) groups excluding carboxylic acids is 3. The Kier molecular flexibility index (Phi) is 8.71. The van der Waals surface area contributed by atoms with Crippen molar-refractivity contribution in [1.82, 2.24) is 5.32 Å². The fourth-order valence-electron chi connectivity index (χ4n) is 1.61. The lowest BCUT2D eigenvalue weighted by molar-refractivity contribution is -0.137. The first-order chi connectivity index (χ1) is 10.9. The first kappa shape index (κ1) is 19.5. The smallest absolute Gasteiger partial charge is 0.315 e. The van der Waals surface area contributed by atoms with Crippen LogP contribution in [0.25, 0.3) is 0 Å². The maximum Gasteiger partial charge on any atom is 0.315 e. The van der Waals surface area contributed by atoms with Crippen molar-refractivity contribution in [3.8, 4) is 0 Å². The third kappa shape index (κ3) is 8.03. The number of nitrogens with one attached hydrogen (secondary N) is 2. The molecule has 1 aromatic carbocycles. The predicted molar refractivity (Wildman–Crippen MR) is 94.5 cm³/mol. The highest BCUT2D eigenvalue weighted by molar-refractivity contribution is 9.10. The van der Waals surface area contributed by atoms with Crippen molar-refractivity contribution < 1.29 is 19.1 Å². The largest absolute Gasteiger partial charge is 0.468 e. The molecule has 0 aliphatic rings. The van der Waals surface area contributed by atoms with E-state index in [1.165, 1.54) is 18.9 Å². The Balaban J connectivity index is 2.25. The molecule has 1 rings (SSSR count). The maximum atomic E-state index is 11.8. The fraction of sp³-hybridized carbons (Fsp3) is 0.400. The average Bonchev–Trinajstić information content (AvgIpc) is 2.52. The first-order valence-corrected chi connectivity index (χ1v) is 8.84. The number of carbonyl (C=O) groups is 3. The number of halogens is 1. The Morgan fingerprint density at radius 2 is 2.00 bits per heavy atom. The number of ether oxygens (including phenoxy) is 1. The second-order valence-corrected chi connectivity index (χ2v) is 6.68. The van der Waals surface area contributed by atoms with Crippen LogP contribution in [0, 0.1) is 6.92 Å². The zero-order chi connectivity index (χ0) is 17.2. The van der Waals surface area contributed by atoms with Gasteiger partial charge in [-0.05, 0) is 30.7 Å². The van der Waals surface area contributed by atoms with Crippen LogP contribution in [0.5, 0.6) is 0 Å². The van der Waals surface area contributed by atoms with Gasteiger partial charge in [0, 0.05) is 22.3 Å². The molecule has 0 bridgehead atoms. The minimum atomic E-state index is -0.320. The highest BCUT2D eigenvalue weighted by Crippen LogP contribution is 2.19. The molecule has 0 saturated heterocycles.